The molecule has 2 aromatic rings. The highest BCUT2D eigenvalue weighted by atomic mass is 16.7. The molecule has 1 heterocycles. The summed E-state index contributed by atoms with van der Waals surface area (Å²) in [6, 6.07) is 16.6. The highest BCUT2D eigenvalue weighted by molar-refractivity contribution is 5.75. The van der Waals surface area contributed by atoms with Gasteiger partial charge in [0.1, 0.15) is 17.0 Å². The summed E-state index contributed by atoms with van der Waals surface area (Å²) in [6.07, 6.45) is -2.10. The van der Waals surface area contributed by atoms with Crippen LogP contribution in [0.25, 0.3) is 0 Å². The number of carbonyl (C=O) groups excluding carboxylic acids is 3. The van der Waals surface area contributed by atoms with Crippen LogP contribution in [-0.2, 0) is 41.5 Å². The molecule has 1 amide bonds. The minimum absolute atomic E-state index is 0.0274. The number of hydrogen-bond acceptors (Lipinski definition) is 9. The Morgan fingerprint density at radius 2 is 1.45 bits per heavy atom. The lowest BCUT2D eigenvalue weighted by molar-refractivity contribution is -0.170. The van der Waals surface area contributed by atoms with Crippen LogP contribution in [0.15, 0.2) is 54.6 Å². The average Bonchev–Trinajstić information content (AvgIpc) is 3.23. The van der Waals surface area contributed by atoms with Crippen molar-refractivity contribution in [2.75, 3.05) is 13.7 Å². The molecule has 3 atom stereocenters. The van der Waals surface area contributed by atoms with Crippen molar-refractivity contribution < 1.29 is 42.8 Å². The third-order valence-electron chi connectivity index (χ3n) is 7.40. The van der Waals surface area contributed by atoms with Gasteiger partial charge >= 0.3 is 18.2 Å². The molecule has 1 aliphatic carbocycles. The largest absolute Gasteiger partial charge is 0.509 e. The Hall–Kier alpha value is -3.79. The van der Waals surface area contributed by atoms with Gasteiger partial charge in [-0.3, -0.25) is 9.69 Å². The number of likely N-dealkylation sites (tertiary alicyclic amines) is 1. The number of ether oxygens (including phenoxy) is 6. The molecule has 0 spiro atoms. The predicted octanol–water partition coefficient (Wildman–Crippen LogP) is 6.08. The Morgan fingerprint density at radius 3 is 2.05 bits per heavy atom. The molecular formula is C34H45NO9. The number of benzene rings is 2. The molecule has 10 heteroatoms. The number of nitrogens with zero attached hydrogens (tertiary/aromatic N) is 1. The lowest BCUT2D eigenvalue weighted by Crippen LogP contribution is -2.47. The lowest BCUT2D eigenvalue weighted by atomic mass is 9.82. The Morgan fingerprint density at radius 1 is 0.818 bits per heavy atom. The zero-order chi connectivity index (χ0) is 32.1. The SMILES string of the molecule is COc1ccc(C[C@@H]2[C@H](OC(=O)C3CC(OCc4ccccc4)C3)[C@@H](OC(=O)OC(C)(C)C)CN2C(=O)OC(C)(C)C)cc1. The van der Waals surface area contributed by atoms with Gasteiger partial charge in [0.2, 0.25) is 0 Å². The maximum absolute atomic E-state index is 13.4. The fraction of sp³-hybridized carbons (Fsp3) is 0.559. The maximum Gasteiger partial charge on any atom is 0.509 e. The molecule has 0 N–H and O–H groups in total. The second-order valence-electron chi connectivity index (χ2n) is 13.4. The number of methoxy groups -OCH3 is 1. The Bertz CT molecular complexity index is 1260. The Balaban J connectivity index is 1.52. The number of amides is 1. The van der Waals surface area contributed by atoms with Crippen LogP contribution in [-0.4, -0.2) is 72.3 Å². The van der Waals surface area contributed by atoms with Crippen molar-refractivity contribution in [1.82, 2.24) is 4.90 Å². The van der Waals surface area contributed by atoms with Crippen molar-refractivity contribution in [2.45, 2.75) is 103 Å². The van der Waals surface area contributed by atoms with Crippen LogP contribution in [0.5, 0.6) is 5.75 Å². The van der Waals surface area contributed by atoms with E-state index >= 15 is 0 Å². The van der Waals surface area contributed by atoms with Gasteiger partial charge in [-0.25, -0.2) is 9.59 Å². The van der Waals surface area contributed by atoms with Gasteiger partial charge in [0.05, 0.1) is 38.3 Å². The van der Waals surface area contributed by atoms with Gasteiger partial charge in [-0.1, -0.05) is 42.5 Å². The fourth-order valence-corrected chi connectivity index (χ4v) is 5.19. The van der Waals surface area contributed by atoms with Crippen molar-refractivity contribution in [1.29, 1.82) is 0 Å². The van der Waals surface area contributed by atoms with Gasteiger partial charge in [-0.15, -0.1) is 0 Å². The molecule has 1 saturated carbocycles. The Labute approximate surface area is 259 Å². The van der Waals surface area contributed by atoms with Gasteiger partial charge in [-0.05, 0) is 84.1 Å². The van der Waals surface area contributed by atoms with Crippen molar-refractivity contribution >= 4 is 18.2 Å². The van der Waals surface area contributed by atoms with Gasteiger partial charge < -0.3 is 28.4 Å². The third kappa shape index (κ3) is 9.35. The fourth-order valence-electron chi connectivity index (χ4n) is 5.19. The number of rotatable bonds is 9. The van der Waals surface area contributed by atoms with Crippen molar-refractivity contribution in [3.63, 3.8) is 0 Å². The molecule has 2 aliphatic rings. The number of hydrogen-bond donors (Lipinski definition) is 0. The van der Waals surface area contributed by atoms with Gasteiger partial charge in [0.25, 0.3) is 0 Å². The van der Waals surface area contributed by atoms with E-state index in [1.807, 2.05) is 54.6 Å². The first-order valence-electron chi connectivity index (χ1n) is 15.1. The highest BCUT2D eigenvalue weighted by Gasteiger charge is 2.51. The molecule has 4 rings (SSSR count). The molecular weight excluding hydrogens is 566 g/mol. The summed E-state index contributed by atoms with van der Waals surface area (Å²) >= 11 is 0. The second-order valence-corrected chi connectivity index (χ2v) is 13.4. The first kappa shape index (κ1) is 33.1. The predicted molar refractivity (Wildman–Crippen MR) is 162 cm³/mol. The van der Waals surface area contributed by atoms with E-state index in [2.05, 4.69) is 0 Å². The first-order valence-corrected chi connectivity index (χ1v) is 15.1. The zero-order valence-electron chi connectivity index (χ0n) is 26.7. The van der Waals surface area contributed by atoms with E-state index in [1.165, 1.54) is 4.90 Å². The van der Waals surface area contributed by atoms with Gasteiger partial charge in [0.15, 0.2) is 12.2 Å². The van der Waals surface area contributed by atoms with Gasteiger partial charge in [0, 0.05) is 0 Å². The average molecular weight is 612 g/mol. The van der Waals surface area contributed by atoms with E-state index in [0.717, 1.165) is 11.1 Å². The van der Waals surface area contributed by atoms with E-state index in [1.54, 1.807) is 48.7 Å². The van der Waals surface area contributed by atoms with Crippen LogP contribution in [0, 0.1) is 5.92 Å². The minimum atomic E-state index is -0.963. The van der Waals surface area contributed by atoms with Crippen LogP contribution in [0.3, 0.4) is 0 Å². The van der Waals surface area contributed by atoms with Gasteiger partial charge in [-0.2, -0.15) is 0 Å². The van der Waals surface area contributed by atoms with Crippen LogP contribution < -0.4 is 4.74 Å². The molecule has 0 radical (unpaired) electrons. The molecule has 0 unspecified atom stereocenters. The van der Waals surface area contributed by atoms with Crippen LogP contribution >= 0.6 is 0 Å². The summed E-state index contributed by atoms with van der Waals surface area (Å²) in [7, 11) is 1.59. The third-order valence-corrected chi connectivity index (χ3v) is 7.40. The first-order chi connectivity index (χ1) is 20.7. The molecule has 2 aromatic carbocycles. The summed E-state index contributed by atoms with van der Waals surface area (Å²) in [6.45, 7) is 11.0. The Kier molecular flexibility index (Phi) is 10.4. The second kappa shape index (κ2) is 13.9. The molecule has 2 fully saturated rings. The van der Waals surface area contributed by atoms with Crippen LogP contribution in [0.4, 0.5) is 9.59 Å². The summed E-state index contributed by atoms with van der Waals surface area (Å²) in [5.74, 6) is -0.0967. The van der Waals surface area contributed by atoms with E-state index in [-0.39, 0.29) is 18.6 Å². The quantitative estimate of drug-likeness (QED) is 0.246. The zero-order valence-corrected chi connectivity index (χ0v) is 26.7. The lowest BCUT2D eigenvalue weighted by Gasteiger charge is -2.35. The molecule has 240 valence electrons. The summed E-state index contributed by atoms with van der Waals surface area (Å²) < 4.78 is 34.2. The molecule has 1 aliphatic heterocycles. The molecule has 44 heavy (non-hydrogen) atoms. The van der Waals surface area contributed by atoms with Crippen LogP contribution in [0.2, 0.25) is 0 Å². The van der Waals surface area contributed by atoms with Crippen molar-refractivity contribution in [3.8, 4) is 5.75 Å². The van der Waals surface area contributed by atoms with Crippen LogP contribution in [0.1, 0.15) is 65.5 Å². The number of carbonyl (C=O) groups is 3. The summed E-state index contributed by atoms with van der Waals surface area (Å²) in [5, 5.41) is 0. The topological polar surface area (TPSA) is 110 Å². The standard InChI is InChI=1S/C34H45NO9/c1-33(2,3)43-31(37)35-20-28(41-32(38)44-34(4,5)6)29(27(35)17-22-13-15-25(39-7)16-14-22)42-30(36)24-18-26(19-24)40-21-23-11-9-8-10-12-23/h8-16,24,26-29H,17-21H2,1-7H3/t24?,26?,27-,28+,29+/m1/s1. The molecule has 0 bridgehead atoms. The molecule has 1 saturated heterocycles. The van der Waals surface area contributed by atoms with E-state index in [9.17, 15) is 14.4 Å². The van der Waals surface area contributed by atoms with E-state index in [4.69, 9.17) is 28.4 Å². The van der Waals surface area contributed by atoms with Crippen molar-refractivity contribution in [3.05, 3.63) is 65.7 Å². The van der Waals surface area contributed by atoms with Crippen molar-refractivity contribution in [2.24, 2.45) is 5.92 Å². The normalized spacial score (nSPS) is 23.3. The monoisotopic (exact) mass is 611 g/mol. The summed E-state index contributed by atoms with van der Waals surface area (Å²) in [5.41, 5.74) is 0.380. The molecule has 10 nitrogen and oxygen atoms in total. The minimum Gasteiger partial charge on any atom is -0.497 e. The van der Waals surface area contributed by atoms with E-state index < -0.39 is 47.7 Å². The summed E-state index contributed by atoms with van der Waals surface area (Å²) in [4.78, 5) is 41.1. The maximum atomic E-state index is 13.4. The highest BCUT2D eigenvalue weighted by Crippen LogP contribution is 2.35. The smallest absolute Gasteiger partial charge is 0.497 e. The van der Waals surface area contributed by atoms with E-state index in [0.29, 0.717) is 31.6 Å². The molecule has 0 aromatic heterocycles. The number of esters is 1.